The van der Waals surface area contributed by atoms with Crippen molar-refractivity contribution in [1.82, 2.24) is 9.80 Å². The first-order valence-electron chi connectivity index (χ1n) is 13.7. The third-order valence-corrected chi connectivity index (χ3v) is 7.67. The van der Waals surface area contributed by atoms with Gasteiger partial charge >= 0.3 is 0 Å². The highest BCUT2D eigenvalue weighted by atomic mass is 32.2. The molecule has 0 aliphatic carbocycles. The quantitative estimate of drug-likeness (QED) is 0.371. The zero-order valence-corrected chi connectivity index (χ0v) is 24.8. The Morgan fingerprint density at radius 2 is 1.78 bits per heavy atom. The molecule has 220 valence electrons. The number of benzene rings is 3. The fraction of sp³-hybridized carbons (Fsp3) is 0.387. The van der Waals surface area contributed by atoms with Crippen molar-refractivity contribution in [2.75, 3.05) is 37.7 Å². The number of anilines is 1. The molecule has 41 heavy (non-hydrogen) atoms. The molecule has 0 fully saturated rings. The van der Waals surface area contributed by atoms with Crippen LogP contribution in [0.3, 0.4) is 0 Å². The maximum absolute atomic E-state index is 13.3. The molecule has 0 aromatic heterocycles. The zero-order chi connectivity index (χ0) is 29.6. The monoisotopic (exact) mass is 581 g/mol. The van der Waals surface area contributed by atoms with Crippen molar-refractivity contribution in [3.63, 3.8) is 0 Å². The summed E-state index contributed by atoms with van der Waals surface area (Å²) in [5.41, 5.74) is 2.07. The van der Waals surface area contributed by atoms with E-state index in [1.165, 1.54) is 0 Å². The SMILES string of the molecule is C[C@H]1CN([C@@H](C)CO)C(=O)Cc2cc(NS(C)(=O)=O)ccc2O[C@@H]1CN(C)Cc1ccc(Oc2ccccc2)cc1. The number of nitrogens with zero attached hydrogens (tertiary/aromatic N) is 2. The lowest BCUT2D eigenvalue weighted by Crippen LogP contribution is -2.47. The Balaban J connectivity index is 1.52. The van der Waals surface area contributed by atoms with Gasteiger partial charge in [-0.1, -0.05) is 37.3 Å². The van der Waals surface area contributed by atoms with Gasteiger partial charge in [-0.2, -0.15) is 0 Å². The van der Waals surface area contributed by atoms with Gasteiger partial charge in [-0.25, -0.2) is 8.42 Å². The Morgan fingerprint density at radius 1 is 1.10 bits per heavy atom. The number of hydrogen-bond donors (Lipinski definition) is 2. The van der Waals surface area contributed by atoms with E-state index in [0.29, 0.717) is 36.6 Å². The van der Waals surface area contributed by atoms with Crippen LogP contribution in [0, 0.1) is 5.92 Å². The van der Waals surface area contributed by atoms with Gasteiger partial charge < -0.3 is 19.5 Å². The molecule has 0 unspecified atom stereocenters. The van der Waals surface area contributed by atoms with Gasteiger partial charge in [-0.3, -0.25) is 14.4 Å². The van der Waals surface area contributed by atoms with Crippen LogP contribution in [0.2, 0.25) is 0 Å². The lowest BCUT2D eigenvalue weighted by atomic mass is 10.0. The van der Waals surface area contributed by atoms with Crippen LogP contribution in [-0.4, -0.2) is 74.4 Å². The Morgan fingerprint density at radius 3 is 2.44 bits per heavy atom. The number of para-hydroxylation sites is 1. The molecule has 0 radical (unpaired) electrons. The summed E-state index contributed by atoms with van der Waals surface area (Å²) in [6.07, 6.45) is 0.844. The van der Waals surface area contributed by atoms with Gasteiger partial charge in [-0.05, 0) is 62.0 Å². The first-order chi connectivity index (χ1) is 19.5. The summed E-state index contributed by atoms with van der Waals surface area (Å²) in [5.74, 6) is 1.90. The van der Waals surface area contributed by atoms with Crippen molar-refractivity contribution in [2.24, 2.45) is 5.92 Å². The lowest BCUT2D eigenvalue weighted by Gasteiger charge is -2.34. The Labute approximate surface area is 242 Å². The molecule has 3 aromatic carbocycles. The summed E-state index contributed by atoms with van der Waals surface area (Å²) in [6.45, 7) is 5.39. The summed E-state index contributed by atoms with van der Waals surface area (Å²) in [5, 5.41) is 9.85. The van der Waals surface area contributed by atoms with E-state index < -0.39 is 10.0 Å². The van der Waals surface area contributed by atoms with Crippen molar-refractivity contribution in [3.05, 3.63) is 83.9 Å². The number of rotatable bonds is 10. The first kappa shape index (κ1) is 30.4. The van der Waals surface area contributed by atoms with Gasteiger partial charge in [0.05, 0.1) is 25.3 Å². The summed E-state index contributed by atoms with van der Waals surface area (Å²) in [7, 11) is -1.46. The number of likely N-dealkylation sites (N-methyl/N-ethyl adjacent to an activating group) is 1. The maximum atomic E-state index is 13.3. The van der Waals surface area contributed by atoms with Crippen molar-refractivity contribution >= 4 is 21.6 Å². The highest BCUT2D eigenvalue weighted by molar-refractivity contribution is 7.92. The van der Waals surface area contributed by atoms with Gasteiger partial charge in [0.15, 0.2) is 0 Å². The zero-order valence-electron chi connectivity index (χ0n) is 24.0. The van der Waals surface area contributed by atoms with E-state index in [1.807, 2.05) is 75.5 Å². The molecular formula is C31H39N3O6S. The third kappa shape index (κ3) is 8.69. The van der Waals surface area contributed by atoms with Gasteiger partial charge in [0.1, 0.15) is 23.4 Å². The van der Waals surface area contributed by atoms with E-state index in [-0.39, 0.29) is 37.0 Å². The highest BCUT2D eigenvalue weighted by Gasteiger charge is 2.31. The van der Waals surface area contributed by atoms with E-state index in [0.717, 1.165) is 23.3 Å². The van der Waals surface area contributed by atoms with Crippen molar-refractivity contribution in [2.45, 2.75) is 39.0 Å². The minimum absolute atomic E-state index is 0.0334. The first-order valence-corrected chi connectivity index (χ1v) is 15.6. The number of fused-ring (bicyclic) bond motifs is 1. The fourth-order valence-corrected chi connectivity index (χ4v) is 5.45. The van der Waals surface area contributed by atoms with E-state index in [1.54, 1.807) is 23.1 Å². The van der Waals surface area contributed by atoms with Crippen LogP contribution in [-0.2, 0) is 27.8 Å². The number of amides is 1. The molecule has 0 saturated carbocycles. The highest BCUT2D eigenvalue weighted by Crippen LogP contribution is 2.30. The second kappa shape index (κ2) is 13.4. The molecule has 0 saturated heterocycles. The Hall–Kier alpha value is -3.60. The molecule has 4 rings (SSSR count). The van der Waals surface area contributed by atoms with Crippen molar-refractivity contribution < 1.29 is 27.8 Å². The van der Waals surface area contributed by atoms with Gasteiger partial charge in [0, 0.05) is 36.8 Å². The molecular weight excluding hydrogens is 542 g/mol. The minimum atomic E-state index is -3.49. The van der Waals surface area contributed by atoms with Crippen molar-refractivity contribution in [1.29, 1.82) is 0 Å². The average molecular weight is 582 g/mol. The molecule has 1 heterocycles. The van der Waals surface area contributed by atoms with Crippen LogP contribution in [0.25, 0.3) is 0 Å². The molecule has 0 spiro atoms. The van der Waals surface area contributed by atoms with Crippen LogP contribution in [0.1, 0.15) is 25.0 Å². The molecule has 9 nitrogen and oxygen atoms in total. The predicted octanol–water partition coefficient (Wildman–Crippen LogP) is 4.13. The summed E-state index contributed by atoms with van der Waals surface area (Å²) < 4.78 is 38.5. The molecule has 0 bridgehead atoms. The van der Waals surface area contributed by atoms with Gasteiger partial charge in [0.2, 0.25) is 15.9 Å². The topological polar surface area (TPSA) is 108 Å². The number of ether oxygens (including phenoxy) is 2. The third-order valence-electron chi connectivity index (χ3n) is 7.07. The summed E-state index contributed by atoms with van der Waals surface area (Å²) in [4.78, 5) is 17.2. The molecule has 1 amide bonds. The Kier molecular flexibility index (Phi) is 9.90. The van der Waals surface area contributed by atoms with Crippen LogP contribution in [0.15, 0.2) is 72.8 Å². The van der Waals surface area contributed by atoms with Crippen LogP contribution in [0.5, 0.6) is 17.2 Å². The normalized spacial score (nSPS) is 18.5. The van der Waals surface area contributed by atoms with E-state index in [9.17, 15) is 18.3 Å². The molecule has 3 atom stereocenters. The van der Waals surface area contributed by atoms with E-state index in [2.05, 4.69) is 9.62 Å². The number of hydrogen-bond acceptors (Lipinski definition) is 7. The molecule has 10 heteroatoms. The number of sulfonamides is 1. The smallest absolute Gasteiger partial charge is 0.229 e. The number of nitrogens with one attached hydrogen (secondary N) is 1. The van der Waals surface area contributed by atoms with Crippen LogP contribution >= 0.6 is 0 Å². The summed E-state index contributed by atoms with van der Waals surface area (Å²) in [6, 6.07) is 22.3. The average Bonchev–Trinajstić information content (AvgIpc) is 2.96. The van der Waals surface area contributed by atoms with E-state index >= 15 is 0 Å². The molecule has 2 N–H and O–H groups in total. The summed E-state index contributed by atoms with van der Waals surface area (Å²) >= 11 is 0. The Bertz CT molecular complexity index is 1420. The van der Waals surface area contributed by atoms with Gasteiger partial charge in [0.25, 0.3) is 0 Å². The predicted molar refractivity (Wildman–Crippen MR) is 160 cm³/mol. The van der Waals surface area contributed by atoms with Crippen LogP contribution in [0.4, 0.5) is 5.69 Å². The fourth-order valence-electron chi connectivity index (χ4n) is 4.90. The number of aliphatic hydroxyl groups is 1. The maximum Gasteiger partial charge on any atom is 0.229 e. The lowest BCUT2D eigenvalue weighted by molar-refractivity contribution is -0.134. The van der Waals surface area contributed by atoms with Crippen LogP contribution < -0.4 is 14.2 Å². The standard InChI is InChI=1S/C31H39N3O6S/c1-22-18-34(23(2)21-35)31(36)17-25-16-26(32-41(4,37)38)12-15-29(25)40-30(22)20-33(3)19-24-10-13-28(14-11-24)39-27-8-6-5-7-9-27/h5-16,22-23,30,32,35H,17-21H2,1-4H3/t22-,23-,30+/m0/s1. The van der Waals surface area contributed by atoms with Gasteiger partial charge in [-0.15, -0.1) is 0 Å². The largest absolute Gasteiger partial charge is 0.488 e. The molecule has 3 aromatic rings. The minimum Gasteiger partial charge on any atom is -0.488 e. The number of carbonyl (C=O) groups excluding carboxylic acids is 1. The second-order valence-electron chi connectivity index (χ2n) is 10.8. The van der Waals surface area contributed by atoms with E-state index in [4.69, 9.17) is 9.47 Å². The molecule has 1 aliphatic rings. The van der Waals surface area contributed by atoms with Crippen molar-refractivity contribution in [3.8, 4) is 17.2 Å². The molecule has 1 aliphatic heterocycles. The number of aliphatic hydroxyl groups excluding tert-OH is 1. The second-order valence-corrected chi connectivity index (χ2v) is 12.6. The number of carbonyl (C=O) groups is 1.